The van der Waals surface area contributed by atoms with E-state index in [1.165, 1.54) is 11.6 Å². The minimum atomic E-state index is -0.542. The van der Waals surface area contributed by atoms with Gasteiger partial charge in [-0.25, -0.2) is 4.39 Å². The monoisotopic (exact) mass is 938 g/mol. The first-order valence-electron chi connectivity index (χ1n) is 24.6. The van der Waals surface area contributed by atoms with Crippen molar-refractivity contribution < 1.29 is 4.39 Å². The topological polar surface area (TPSA) is 67.3 Å². The SMILES string of the molecule is CC(C)(C)c1ccc2c(c1)c1ccc(-n3c4ccccc4c4ccccc43)cc1n2-c1cc(C#N)cc(-n2c3ccccc3c3ccc(-n4c5ccccc5c5ccccc54)cc32)c1-c1ccc(C#N)cc1F. The summed E-state index contributed by atoms with van der Waals surface area (Å²) < 4.78 is 26.5. The number of hydrogen-bond donors (Lipinski definition) is 0. The number of benzene rings is 10. The second-order valence-electron chi connectivity index (χ2n) is 20.1. The summed E-state index contributed by atoms with van der Waals surface area (Å²) in [5.74, 6) is -0.542. The van der Waals surface area contributed by atoms with Crippen LogP contribution in [0.2, 0.25) is 0 Å². The first-order chi connectivity index (χ1) is 35.7. The fourth-order valence-corrected chi connectivity index (χ4v) is 11.7. The van der Waals surface area contributed by atoms with Crippen LogP contribution in [-0.2, 0) is 5.41 Å². The van der Waals surface area contributed by atoms with Crippen LogP contribution >= 0.6 is 0 Å². The molecule has 0 radical (unpaired) electrons. The van der Waals surface area contributed by atoms with E-state index >= 15 is 4.39 Å². The molecule has 0 aliphatic carbocycles. The Kier molecular flexibility index (Phi) is 9.05. The van der Waals surface area contributed by atoms with Gasteiger partial charge in [-0.15, -0.1) is 0 Å². The van der Waals surface area contributed by atoms with E-state index in [0.717, 1.165) is 98.6 Å². The van der Waals surface area contributed by atoms with Gasteiger partial charge in [0.2, 0.25) is 0 Å². The number of aromatic nitrogens is 4. The summed E-state index contributed by atoms with van der Waals surface area (Å²) >= 11 is 0. The van der Waals surface area contributed by atoms with Gasteiger partial charge in [0.05, 0.1) is 78.8 Å². The molecule has 10 aromatic carbocycles. The molecule has 0 N–H and O–H groups in total. The molecule has 0 aliphatic rings. The number of rotatable bonds is 5. The van der Waals surface area contributed by atoms with Gasteiger partial charge in [0.15, 0.2) is 0 Å². The Balaban J connectivity index is 1.13. The van der Waals surface area contributed by atoms with Gasteiger partial charge in [0.1, 0.15) is 5.82 Å². The molecule has 0 saturated heterocycles. The smallest absolute Gasteiger partial charge is 0.132 e. The lowest BCUT2D eigenvalue weighted by Gasteiger charge is -2.22. The maximum absolute atomic E-state index is 17.4. The van der Waals surface area contributed by atoms with E-state index in [9.17, 15) is 10.5 Å². The van der Waals surface area contributed by atoms with Crippen LogP contribution in [0.5, 0.6) is 0 Å². The summed E-state index contributed by atoms with van der Waals surface area (Å²) in [7, 11) is 0. The predicted molar refractivity (Wildman–Crippen MR) is 297 cm³/mol. The van der Waals surface area contributed by atoms with Crippen molar-refractivity contribution in [2.45, 2.75) is 26.2 Å². The highest BCUT2D eigenvalue weighted by molar-refractivity contribution is 6.15. The molecule has 0 spiro atoms. The number of nitrogens with zero attached hydrogens (tertiary/aromatic N) is 6. The molecule has 73 heavy (non-hydrogen) atoms. The number of nitriles is 2. The van der Waals surface area contributed by atoms with Crippen molar-refractivity contribution in [1.29, 1.82) is 10.5 Å². The summed E-state index contributed by atoms with van der Waals surface area (Å²) in [6.07, 6.45) is 0. The number of hydrogen-bond acceptors (Lipinski definition) is 2. The van der Waals surface area contributed by atoms with Crippen LogP contribution < -0.4 is 0 Å². The van der Waals surface area contributed by atoms with Crippen molar-refractivity contribution >= 4 is 87.2 Å². The third-order valence-electron chi connectivity index (χ3n) is 15.0. The summed E-state index contributed by atoms with van der Waals surface area (Å²) in [4.78, 5) is 0. The first kappa shape index (κ1) is 42.2. The molecule has 0 fully saturated rings. The summed E-state index contributed by atoms with van der Waals surface area (Å²) in [6.45, 7) is 6.67. The molecule has 4 heterocycles. The molecule has 0 unspecified atom stereocenters. The van der Waals surface area contributed by atoms with E-state index in [2.05, 4.69) is 215 Å². The van der Waals surface area contributed by atoms with Gasteiger partial charge in [-0.1, -0.05) is 130 Å². The molecule has 4 aromatic heterocycles. The Hall–Kier alpha value is -9.69. The van der Waals surface area contributed by atoms with E-state index in [-0.39, 0.29) is 11.0 Å². The number of para-hydroxylation sites is 5. The maximum Gasteiger partial charge on any atom is 0.132 e. The Morgan fingerprint density at radius 1 is 0.356 bits per heavy atom. The average Bonchev–Trinajstić information content (AvgIpc) is 4.15. The zero-order valence-corrected chi connectivity index (χ0v) is 40.2. The van der Waals surface area contributed by atoms with Gasteiger partial charge in [0, 0.05) is 65.6 Å². The Morgan fingerprint density at radius 2 is 0.753 bits per heavy atom. The summed E-state index contributed by atoms with van der Waals surface area (Å²) in [5.41, 5.74) is 13.7. The minimum absolute atomic E-state index is 0.148. The van der Waals surface area contributed by atoms with Crippen LogP contribution in [0, 0.1) is 28.5 Å². The Bertz CT molecular complexity index is 4660. The zero-order valence-electron chi connectivity index (χ0n) is 40.2. The van der Waals surface area contributed by atoms with Crippen LogP contribution in [0.1, 0.15) is 37.5 Å². The molecule has 0 atom stereocenters. The third-order valence-corrected chi connectivity index (χ3v) is 15.0. The highest BCUT2D eigenvalue weighted by Gasteiger charge is 2.27. The van der Waals surface area contributed by atoms with Crippen molar-refractivity contribution in [3.8, 4) is 46.0 Å². The van der Waals surface area contributed by atoms with Gasteiger partial charge in [0.25, 0.3) is 0 Å². The fraction of sp³-hybridized carbons (Fsp3) is 0.0606. The molecule has 0 aliphatic heterocycles. The van der Waals surface area contributed by atoms with Crippen LogP contribution in [0.25, 0.3) is 121 Å². The average molecular weight is 939 g/mol. The van der Waals surface area contributed by atoms with E-state index in [0.29, 0.717) is 28.1 Å². The van der Waals surface area contributed by atoms with Crippen molar-refractivity contribution in [2.75, 3.05) is 0 Å². The largest absolute Gasteiger partial charge is 0.309 e. The van der Waals surface area contributed by atoms with Crippen LogP contribution in [0.3, 0.4) is 0 Å². The lowest BCUT2D eigenvalue weighted by Crippen LogP contribution is -2.10. The standard InChI is InChI=1S/C66H43FN6/c1-66(2,3)42-25-31-60-53(35-42)51-30-27-44(71-57-21-11-6-16-47(57)48-17-7-12-22-58(48)71)37-62(51)73(60)64-34-41(39-69)33-63(65(64)52-28-24-40(38-68)32-54(52)67)72-59-23-13-8-18-49(59)50-29-26-43(36-61(50)72)70-55-19-9-4-14-45(55)46-15-5-10-20-56(46)70/h4-37H,1-3H3. The van der Waals surface area contributed by atoms with Crippen molar-refractivity contribution in [2.24, 2.45) is 0 Å². The molecule has 344 valence electrons. The normalized spacial score (nSPS) is 12.1. The second kappa shape index (κ2) is 15.7. The predicted octanol–water partition coefficient (Wildman–Crippen LogP) is 16.9. The van der Waals surface area contributed by atoms with E-state index in [1.807, 2.05) is 24.3 Å². The molecule has 14 aromatic rings. The molecular weight excluding hydrogens is 896 g/mol. The minimum Gasteiger partial charge on any atom is -0.309 e. The molecule has 0 bridgehead atoms. The fourth-order valence-electron chi connectivity index (χ4n) is 11.7. The molecular formula is C66H43FN6. The Labute approximate surface area is 419 Å². The highest BCUT2D eigenvalue weighted by atomic mass is 19.1. The van der Waals surface area contributed by atoms with E-state index in [1.54, 1.807) is 12.1 Å². The van der Waals surface area contributed by atoms with Gasteiger partial charge in [-0.2, -0.15) is 10.5 Å². The van der Waals surface area contributed by atoms with Gasteiger partial charge in [-0.05, 0) is 108 Å². The Morgan fingerprint density at radius 3 is 1.18 bits per heavy atom. The number of halogens is 1. The lowest BCUT2D eigenvalue weighted by molar-refractivity contribution is 0.591. The van der Waals surface area contributed by atoms with Crippen molar-refractivity contribution in [1.82, 2.24) is 18.3 Å². The van der Waals surface area contributed by atoms with Gasteiger partial charge < -0.3 is 18.3 Å². The van der Waals surface area contributed by atoms with Gasteiger partial charge >= 0.3 is 0 Å². The van der Waals surface area contributed by atoms with Crippen LogP contribution in [-0.4, -0.2) is 18.3 Å². The third kappa shape index (κ3) is 6.19. The summed E-state index contributed by atoms with van der Waals surface area (Å²) in [5, 5.41) is 30.0. The van der Waals surface area contributed by atoms with E-state index < -0.39 is 5.82 Å². The van der Waals surface area contributed by atoms with Crippen molar-refractivity contribution in [3.05, 3.63) is 229 Å². The van der Waals surface area contributed by atoms with Crippen LogP contribution in [0.4, 0.5) is 4.39 Å². The number of fused-ring (bicyclic) bond motifs is 12. The quantitative estimate of drug-likeness (QED) is 0.173. The maximum atomic E-state index is 17.4. The molecule has 0 saturated carbocycles. The lowest BCUT2D eigenvalue weighted by atomic mass is 9.86. The first-order valence-corrected chi connectivity index (χ1v) is 24.6. The van der Waals surface area contributed by atoms with Gasteiger partial charge in [-0.3, -0.25) is 0 Å². The van der Waals surface area contributed by atoms with E-state index in [4.69, 9.17) is 0 Å². The molecule has 0 amide bonds. The second-order valence-corrected chi connectivity index (χ2v) is 20.1. The molecule has 14 rings (SSSR count). The summed E-state index contributed by atoms with van der Waals surface area (Å²) in [6, 6.07) is 75.3. The highest BCUT2D eigenvalue weighted by Crippen LogP contribution is 2.46. The zero-order chi connectivity index (χ0) is 49.3. The van der Waals surface area contributed by atoms with Crippen LogP contribution in [0.15, 0.2) is 206 Å². The van der Waals surface area contributed by atoms with Crippen molar-refractivity contribution in [3.63, 3.8) is 0 Å². The molecule has 6 nitrogen and oxygen atoms in total. The molecule has 7 heteroatoms.